The summed E-state index contributed by atoms with van der Waals surface area (Å²) in [6, 6.07) is 88.0. The van der Waals surface area contributed by atoms with Crippen molar-refractivity contribution in [2.75, 3.05) is 4.90 Å². The van der Waals surface area contributed by atoms with E-state index in [-0.39, 0.29) is 0 Å². The van der Waals surface area contributed by atoms with E-state index in [9.17, 15) is 0 Å². The monoisotopic (exact) mass is 764 g/mol. The first-order chi connectivity index (χ1) is 29.8. The molecule has 0 amide bonds. The highest BCUT2D eigenvalue weighted by Gasteiger charge is 2.21. The molecule has 0 aliphatic carbocycles. The van der Waals surface area contributed by atoms with Crippen molar-refractivity contribution in [1.82, 2.24) is 4.57 Å². The van der Waals surface area contributed by atoms with Crippen LogP contribution in [0.1, 0.15) is 0 Å². The van der Waals surface area contributed by atoms with Crippen LogP contribution in [0.4, 0.5) is 17.1 Å². The molecule has 0 saturated carbocycles. The second kappa shape index (κ2) is 15.1. The van der Waals surface area contributed by atoms with Gasteiger partial charge in [0, 0.05) is 33.5 Å². The number of para-hydroxylation sites is 2. The zero-order valence-electron chi connectivity index (χ0n) is 33.0. The van der Waals surface area contributed by atoms with Gasteiger partial charge in [-0.1, -0.05) is 188 Å². The van der Waals surface area contributed by atoms with Crippen LogP contribution >= 0.6 is 0 Å². The zero-order valence-corrected chi connectivity index (χ0v) is 33.0. The average Bonchev–Trinajstić information content (AvgIpc) is 3.66. The van der Waals surface area contributed by atoms with Gasteiger partial charge >= 0.3 is 0 Å². The van der Waals surface area contributed by atoms with Crippen LogP contribution in [-0.4, -0.2) is 4.57 Å². The van der Waals surface area contributed by atoms with Crippen molar-refractivity contribution < 1.29 is 0 Å². The molecule has 0 atom stereocenters. The van der Waals surface area contributed by atoms with Gasteiger partial charge in [-0.25, -0.2) is 0 Å². The minimum Gasteiger partial charge on any atom is -0.310 e. The molecule has 11 aromatic rings. The Kier molecular flexibility index (Phi) is 8.87. The lowest BCUT2D eigenvalue weighted by Crippen LogP contribution is -2.10. The fourth-order valence-electron chi connectivity index (χ4n) is 9.06. The van der Waals surface area contributed by atoms with Gasteiger partial charge < -0.3 is 9.47 Å². The van der Waals surface area contributed by atoms with Crippen molar-refractivity contribution in [3.05, 3.63) is 243 Å². The summed E-state index contributed by atoms with van der Waals surface area (Å²) in [4.78, 5) is 2.41. The highest BCUT2D eigenvalue weighted by atomic mass is 15.1. The van der Waals surface area contributed by atoms with E-state index < -0.39 is 0 Å². The number of benzene rings is 10. The molecule has 0 saturated heterocycles. The smallest absolute Gasteiger partial charge is 0.0541 e. The maximum absolute atomic E-state index is 2.41. The minimum absolute atomic E-state index is 1.08. The summed E-state index contributed by atoms with van der Waals surface area (Å²) in [7, 11) is 0. The molecular weight excluding hydrogens is 725 g/mol. The SMILES string of the molecule is c1ccc(-c2ccccc2-c2c(-c3ccccc3)cccc2-c2cccc(N(c3cccc(-n4c5ccccc5c5ccccc54)c3)c3ccc4ccccc4c3)c2)cc1. The molecule has 10 aromatic carbocycles. The third kappa shape index (κ3) is 6.23. The van der Waals surface area contributed by atoms with Crippen LogP contribution in [0.3, 0.4) is 0 Å². The van der Waals surface area contributed by atoms with Gasteiger partial charge in [-0.15, -0.1) is 0 Å². The molecule has 1 aromatic heterocycles. The normalized spacial score (nSPS) is 11.3. The summed E-state index contributed by atoms with van der Waals surface area (Å²) < 4.78 is 2.40. The topological polar surface area (TPSA) is 8.17 Å². The minimum atomic E-state index is 1.08. The van der Waals surface area contributed by atoms with Gasteiger partial charge in [-0.2, -0.15) is 0 Å². The fraction of sp³-hybridized carbons (Fsp3) is 0. The predicted molar refractivity (Wildman–Crippen MR) is 255 cm³/mol. The molecule has 0 radical (unpaired) electrons. The van der Waals surface area contributed by atoms with Crippen molar-refractivity contribution in [2.45, 2.75) is 0 Å². The third-order valence-corrected chi connectivity index (χ3v) is 11.8. The van der Waals surface area contributed by atoms with E-state index in [2.05, 4.69) is 252 Å². The Hall–Kier alpha value is -7.94. The second-order valence-electron chi connectivity index (χ2n) is 15.3. The van der Waals surface area contributed by atoms with Gasteiger partial charge in [0.25, 0.3) is 0 Å². The predicted octanol–water partition coefficient (Wildman–Crippen LogP) is 16.1. The first kappa shape index (κ1) is 35.2. The number of anilines is 3. The highest BCUT2D eigenvalue weighted by Crippen LogP contribution is 2.46. The molecule has 0 bridgehead atoms. The summed E-state index contributed by atoms with van der Waals surface area (Å²) in [5.41, 5.74) is 16.3. The van der Waals surface area contributed by atoms with Crippen LogP contribution < -0.4 is 4.90 Å². The molecule has 2 heteroatoms. The molecule has 60 heavy (non-hydrogen) atoms. The Bertz CT molecular complexity index is 3270. The number of aromatic nitrogens is 1. The summed E-state index contributed by atoms with van der Waals surface area (Å²) in [5.74, 6) is 0. The molecule has 1 heterocycles. The highest BCUT2D eigenvalue weighted by molar-refractivity contribution is 6.09. The number of rotatable bonds is 8. The maximum atomic E-state index is 2.41. The van der Waals surface area contributed by atoms with Crippen LogP contribution in [0, 0.1) is 0 Å². The summed E-state index contributed by atoms with van der Waals surface area (Å²) in [6.45, 7) is 0. The lowest BCUT2D eigenvalue weighted by Gasteiger charge is -2.27. The van der Waals surface area contributed by atoms with Crippen molar-refractivity contribution in [1.29, 1.82) is 0 Å². The molecule has 0 spiro atoms. The quantitative estimate of drug-likeness (QED) is 0.150. The molecular formula is C58H40N2. The van der Waals surface area contributed by atoms with E-state index in [0.29, 0.717) is 0 Å². The molecule has 0 fully saturated rings. The number of fused-ring (bicyclic) bond motifs is 4. The maximum Gasteiger partial charge on any atom is 0.0541 e. The Labute approximate surface area is 350 Å². The molecule has 11 rings (SSSR count). The van der Waals surface area contributed by atoms with E-state index in [1.807, 2.05) is 0 Å². The lowest BCUT2D eigenvalue weighted by molar-refractivity contribution is 1.17. The molecule has 0 unspecified atom stereocenters. The van der Waals surface area contributed by atoms with Crippen molar-refractivity contribution >= 4 is 49.6 Å². The van der Waals surface area contributed by atoms with Crippen molar-refractivity contribution in [2.24, 2.45) is 0 Å². The number of nitrogens with zero attached hydrogens (tertiary/aromatic N) is 2. The second-order valence-corrected chi connectivity index (χ2v) is 15.3. The standard InChI is InChI=1S/C58H40N2/c1-3-19-42(20-4-1)50-28-9-10-31-55(50)58-51(43-21-5-2-6-22-43)32-17-33-52(58)45-24-15-25-46(39-45)59(49-37-36-41-18-7-8-23-44(41)38-49)47-26-16-27-48(40-47)60-56-34-13-11-29-53(56)54-30-12-14-35-57(54)60/h1-40H. The van der Waals surface area contributed by atoms with E-state index in [4.69, 9.17) is 0 Å². The third-order valence-electron chi connectivity index (χ3n) is 11.8. The largest absolute Gasteiger partial charge is 0.310 e. The first-order valence-electron chi connectivity index (χ1n) is 20.6. The van der Waals surface area contributed by atoms with Crippen molar-refractivity contribution in [3.63, 3.8) is 0 Å². The summed E-state index contributed by atoms with van der Waals surface area (Å²) >= 11 is 0. The van der Waals surface area contributed by atoms with Gasteiger partial charge in [-0.3, -0.25) is 0 Å². The van der Waals surface area contributed by atoms with Crippen LogP contribution in [0.15, 0.2) is 243 Å². The Balaban J connectivity index is 1.13. The fourth-order valence-corrected chi connectivity index (χ4v) is 9.06. The van der Waals surface area contributed by atoms with Crippen LogP contribution in [0.5, 0.6) is 0 Å². The number of hydrogen-bond acceptors (Lipinski definition) is 1. The number of hydrogen-bond donors (Lipinski definition) is 0. The molecule has 0 aliphatic rings. The van der Waals surface area contributed by atoms with Gasteiger partial charge in [0.2, 0.25) is 0 Å². The van der Waals surface area contributed by atoms with Gasteiger partial charge in [-0.05, 0) is 110 Å². The molecule has 282 valence electrons. The lowest BCUT2D eigenvalue weighted by atomic mass is 9.84. The molecule has 0 N–H and O–H groups in total. The summed E-state index contributed by atoms with van der Waals surface area (Å²) in [6.07, 6.45) is 0. The Morgan fingerprint density at radius 1 is 0.283 bits per heavy atom. The Morgan fingerprint density at radius 3 is 1.48 bits per heavy atom. The molecule has 2 nitrogen and oxygen atoms in total. The van der Waals surface area contributed by atoms with E-state index in [1.165, 1.54) is 71.5 Å². The summed E-state index contributed by atoms with van der Waals surface area (Å²) in [5, 5.41) is 4.92. The molecule has 0 aliphatic heterocycles. The average molecular weight is 765 g/mol. The van der Waals surface area contributed by atoms with Gasteiger partial charge in [0.1, 0.15) is 0 Å². The van der Waals surface area contributed by atoms with Gasteiger partial charge in [0.15, 0.2) is 0 Å². The first-order valence-corrected chi connectivity index (χ1v) is 20.6. The van der Waals surface area contributed by atoms with E-state index in [0.717, 1.165) is 28.3 Å². The van der Waals surface area contributed by atoms with Crippen LogP contribution in [0.2, 0.25) is 0 Å². The van der Waals surface area contributed by atoms with E-state index in [1.54, 1.807) is 0 Å². The van der Waals surface area contributed by atoms with E-state index >= 15 is 0 Å². The Morgan fingerprint density at radius 2 is 0.767 bits per heavy atom. The van der Waals surface area contributed by atoms with Crippen LogP contribution in [0.25, 0.3) is 82.8 Å². The van der Waals surface area contributed by atoms with Crippen molar-refractivity contribution in [3.8, 4) is 50.2 Å². The van der Waals surface area contributed by atoms with Gasteiger partial charge in [0.05, 0.1) is 11.0 Å². The van der Waals surface area contributed by atoms with Crippen LogP contribution in [-0.2, 0) is 0 Å². The zero-order chi connectivity index (χ0) is 39.8.